The summed E-state index contributed by atoms with van der Waals surface area (Å²) in [6.45, 7) is 3.82. The highest BCUT2D eigenvalue weighted by atomic mass is 32.2. The average molecular weight is 259 g/mol. The standard InChI is InChI=1S/C12H15F2NOS/c1-3-8(2)15-11(16)9-6-4-5-7-10(9)17-12(13)14/h4-8,12H,3H2,1-2H3,(H,15,16)/t8-/m0/s1. The molecule has 1 N–H and O–H groups in total. The molecule has 0 radical (unpaired) electrons. The lowest BCUT2D eigenvalue weighted by molar-refractivity contribution is 0.0936. The Morgan fingerprint density at radius 2 is 2.06 bits per heavy atom. The molecule has 0 unspecified atom stereocenters. The number of carbonyl (C=O) groups excluding carboxylic acids is 1. The molecule has 0 saturated carbocycles. The molecule has 17 heavy (non-hydrogen) atoms. The monoisotopic (exact) mass is 259 g/mol. The van der Waals surface area contributed by atoms with Gasteiger partial charge in [0, 0.05) is 10.9 Å². The Balaban J connectivity index is 2.85. The average Bonchev–Trinajstić information content (AvgIpc) is 2.28. The van der Waals surface area contributed by atoms with Crippen molar-refractivity contribution in [3.05, 3.63) is 29.8 Å². The molecular formula is C12H15F2NOS. The van der Waals surface area contributed by atoms with E-state index < -0.39 is 5.76 Å². The third-order valence-corrected chi connectivity index (χ3v) is 3.13. The molecule has 0 aliphatic heterocycles. The van der Waals surface area contributed by atoms with Crippen molar-refractivity contribution in [2.45, 2.75) is 37.0 Å². The molecular weight excluding hydrogens is 244 g/mol. The summed E-state index contributed by atoms with van der Waals surface area (Å²) in [6.07, 6.45) is 0.801. The lowest BCUT2D eigenvalue weighted by Gasteiger charge is -2.13. The van der Waals surface area contributed by atoms with Gasteiger partial charge in [0.25, 0.3) is 11.7 Å². The van der Waals surface area contributed by atoms with E-state index in [2.05, 4.69) is 5.32 Å². The maximum Gasteiger partial charge on any atom is 0.288 e. The van der Waals surface area contributed by atoms with Gasteiger partial charge in [-0.25, -0.2) is 0 Å². The Morgan fingerprint density at radius 3 is 2.65 bits per heavy atom. The van der Waals surface area contributed by atoms with Crippen LogP contribution < -0.4 is 5.32 Å². The van der Waals surface area contributed by atoms with E-state index in [0.717, 1.165) is 6.42 Å². The zero-order valence-corrected chi connectivity index (χ0v) is 10.6. The molecule has 94 valence electrons. The van der Waals surface area contributed by atoms with Crippen LogP contribution in [0.3, 0.4) is 0 Å². The highest BCUT2D eigenvalue weighted by Gasteiger charge is 2.15. The number of hydrogen-bond acceptors (Lipinski definition) is 2. The van der Waals surface area contributed by atoms with Gasteiger partial charge in [-0.2, -0.15) is 8.78 Å². The highest BCUT2D eigenvalue weighted by molar-refractivity contribution is 7.99. The van der Waals surface area contributed by atoms with E-state index in [1.165, 1.54) is 6.07 Å². The van der Waals surface area contributed by atoms with Gasteiger partial charge in [0.1, 0.15) is 0 Å². The molecule has 0 saturated heterocycles. The Morgan fingerprint density at radius 1 is 1.41 bits per heavy atom. The minimum atomic E-state index is -2.52. The smallest absolute Gasteiger partial charge is 0.288 e. The van der Waals surface area contributed by atoms with Crippen LogP contribution in [-0.4, -0.2) is 17.7 Å². The second-order valence-corrected chi connectivity index (χ2v) is 4.69. The van der Waals surface area contributed by atoms with Crippen molar-refractivity contribution in [2.75, 3.05) is 0 Å². The summed E-state index contributed by atoms with van der Waals surface area (Å²) >= 11 is 0.394. The van der Waals surface area contributed by atoms with E-state index in [1.54, 1.807) is 18.2 Å². The predicted octanol–water partition coefficient (Wildman–Crippen LogP) is 3.53. The minimum absolute atomic E-state index is 0.0344. The van der Waals surface area contributed by atoms with E-state index in [1.807, 2.05) is 13.8 Å². The van der Waals surface area contributed by atoms with Gasteiger partial charge in [-0.05, 0) is 25.5 Å². The zero-order valence-electron chi connectivity index (χ0n) is 9.74. The van der Waals surface area contributed by atoms with E-state index >= 15 is 0 Å². The van der Waals surface area contributed by atoms with Crippen LogP contribution in [0.2, 0.25) is 0 Å². The zero-order chi connectivity index (χ0) is 12.8. The Bertz CT molecular complexity index is 385. The number of amides is 1. The van der Waals surface area contributed by atoms with Crippen molar-refractivity contribution in [1.82, 2.24) is 5.32 Å². The fourth-order valence-electron chi connectivity index (χ4n) is 1.26. The summed E-state index contributed by atoms with van der Waals surface area (Å²) in [6, 6.07) is 6.43. The Kier molecular flexibility index (Phi) is 5.41. The van der Waals surface area contributed by atoms with Gasteiger partial charge in [-0.1, -0.05) is 30.8 Å². The van der Waals surface area contributed by atoms with Gasteiger partial charge in [0.2, 0.25) is 0 Å². The third kappa shape index (κ3) is 4.34. The van der Waals surface area contributed by atoms with Crippen molar-refractivity contribution >= 4 is 17.7 Å². The highest BCUT2D eigenvalue weighted by Crippen LogP contribution is 2.28. The molecule has 0 aromatic heterocycles. The lowest BCUT2D eigenvalue weighted by atomic mass is 10.2. The van der Waals surface area contributed by atoms with Crippen LogP contribution in [0.4, 0.5) is 8.78 Å². The number of nitrogens with one attached hydrogen (secondary N) is 1. The van der Waals surface area contributed by atoms with Crippen LogP contribution in [0, 0.1) is 0 Å². The van der Waals surface area contributed by atoms with Crippen LogP contribution in [-0.2, 0) is 0 Å². The van der Waals surface area contributed by atoms with E-state index in [-0.39, 0.29) is 11.9 Å². The van der Waals surface area contributed by atoms with Crippen molar-refractivity contribution in [3.63, 3.8) is 0 Å². The first-order valence-electron chi connectivity index (χ1n) is 5.39. The summed E-state index contributed by atoms with van der Waals surface area (Å²) in [5.74, 6) is -2.82. The van der Waals surface area contributed by atoms with Crippen LogP contribution in [0.25, 0.3) is 0 Å². The molecule has 2 nitrogen and oxygen atoms in total. The van der Waals surface area contributed by atoms with Crippen molar-refractivity contribution in [1.29, 1.82) is 0 Å². The largest absolute Gasteiger partial charge is 0.350 e. The molecule has 0 aliphatic rings. The number of halogens is 2. The fraction of sp³-hybridized carbons (Fsp3) is 0.417. The van der Waals surface area contributed by atoms with Crippen LogP contribution in [0.1, 0.15) is 30.6 Å². The van der Waals surface area contributed by atoms with Crippen LogP contribution in [0.5, 0.6) is 0 Å². The molecule has 0 bridgehead atoms. The maximum absolute atomic E-state index is 12.3. The van der Waals surface area contributed by atoms with Crippen molar-refractivity contribution < 1.29 is 13.6 Å². The number of rotatable bonds is 5. The third-order valence-electron chi connectivity index (χ3n) is 2.34. The fourth-order valence-corrected chi connectivity index (χ4v) is 1.89. The van der Waals surface area contributed by atoms with E-state index in [4.69, 9.17) is 0 Å². The molecule has 0 heterocycles. The predicted molar refractivity (Wildman–Crippen MR) is 65.5 cm³/mol. The lowest BCUT2D eigenvalue weighted by Crippen LogP contribution is -2.32. The summed E-state index contributed by atoms with van der Waals surface area (Å²) < 4.78 is 24.6. The van der Waals surface area contributed by atoms with Gasteiger partial charge in [-0.15, -0.1) is 0 Å². The molecule has 1 rings (SSSR count). The van der Waals surface area contributed by atoms with Crippen molar-refractivity contribution in [3.8, 4) is 0 Å². The molecule has 0 aliphatic carbocycles. The first-order valence-corrected chi connectivity index (χ1v) is 6.27. The summed E-state index contributed by atoms with van der Waals surface area (Å²) in [5.41, 5.74) is 0.304. The number of benzene rings is 1. The maximum atomic E-state index is 12.3. The second-order valence-electron chi connectivity index (χ2n) is 3.66. The number of carbonyl (C=O) groups is 1. The number of thioether (sulfide) groups is 1. The normalized spacial score (nSPS) is 12.5. The first kappa shape index (κ1) is 14.0. The topological polar surface area (TPSA) is 29.1 Å². The first-order chi connectivity index (χ1) is 8.04. The Labute approximate surface area is 104 Å². The summed E-state index contributed by atoms with van der Waals surface area (Å²) in [5, 5.41) is 2.76. The molecule has 1 aromatic carbocycles. The van der Waals surface area contributed by atoms with Crippen LogP contribution >= 0.6 is 11.8 Å². The molecule has 0 fully saturated rings. The van der Waals surface area contributed by atoms with Gasteiger partial charge < -0.3 is 5.32 Å². The molecule has 0 spiro atoms. The molecule has 1 atom stereocenters. The van der Waals surface area contributed by atoms with Gasteiger partial charge >= 0.3 is 0 Å². The van der Waals surface area contributed by atoms with Gasteiger partial charge in [-0.3, -0.25) is 4.79 Å². The SMILES string of the molecule is CC[C@H](C)NC(=O)c1ccccc1SC(F)F. The number of hydrogen-bond donors (Lipinski definition) is 1. The van der Waals surface area contributed by atoms with Gasteiger partial charge in [0.05, 0.1) is 5.56 Å². The molecule has 5 heteroatoms. The second kappa shape index (κ2) is 6.59. The molecule has 1 amide bonds. The van der Waals surface area contributed by atoms with Gasteiger partial charge in [0.15, 0.2) is 0 Å². The number of alkyl halides is 2. The Hall–Kier alpha value is -1.10. The summed E-state index contributed by atoms with van der Waals surface area (Å²) in [7, 11) is 0. The molecule has 1 aromatic rings. The summed E-state index contributed by atoms with van der Waals surface area (Å²) in [4.78, 5) is 12.2. The van der Waals surface area contributed by atoms with Crippen LogP contribution in [0.15, 0.2) is 29.2 Å². The van der Waals surface area contributed by atoms with Crippen molar-refractivity contribution in [2.24, 2.45) is 0 Å². The minimum Gasteiger partial charge on any atom is -0.350 e. The van der Waals surface area contributed by atoms with E-state index in [9.17, 15) is 13.6 Å². The van der Waals surface area contributed by atoms with E-state index in [0.29, 0.717) is 22.2 Å². The quantitative estimate of drug-likeness (QED) is 0.820.